The van der Waals surface area contributed by atoms with Gasteiger partial charge in [0.1, 0.15) is 6.54 Å². The molecule has 2 amide bonds. The van der Waals surface area contributed by atoms with E-state index >= 15 is 0 Å². The van der Waals surface area contributed by atoms with E-state index in [1.54, 1.807) is 18.2 Å². The third-order valence-corrected chi connectivity index (χ3v) is 4.45. The summed E-state index contributed by atoms with van der Waals surface area (Å²) < 4.78 is 4.93. The van der Waals surface area contributed by atoms with Gasteiger partial charge in [-0.3, -0.25) is 14.4 Å². The van der Waals surface area contributed by atoms with E-state index in [0.29, 0.717) is 5.56 Å². The Hall–Kier alpha value is -3.15. The van der Waals surface area contributed by atoms with Crippen LogP contribution in [0.2, 0.25) is 0 Å². The van der Waals surface area contributed by atoms with Crippen molar-refractivity contribution in [1.82, 2.24) is 10.6 Å². The van der Waals surface area contributed by atoms with Crippen LogP contribution in [0.1, 0.15) is 45.6 Å². The van der Waals surface area contributed by atoms with Crippen LogP contribution < -0.4 is 10.6 Å². The molecule has 0 saturated heterocycles. The molecule has 6 nitrogen and oxygen atoms in total. The number of hydrogen-bond acceptors (Lipinski definition) is 4. The minimum absolute atomic E-state index is 0.202. The number of esters is 1. The van der Waals surface area contributed by atoms with Crippen molar-refractivity contribution < 1.29 is 19.1 Å². The standard InChI is InChI=1S/C22H26N2O4/c1-14-6-5-7-19(10-14)22(27)23-12-21(26)28-13-20(25)24-17(4)18-9-8-15(2)16(3)11-18/h5-11,17H,12-13H2,1-4H3,(H,23,27)(H,24,25)/t17-/m0/s1. The molecule has 0 aliphatic rings. The Morgan fingerprint density at radius 2 is 1.75 bits per heavy atom. The Morgan fingerprint density at radius 1 is 1.00 bits per heavy atom. The molecule has 6 heteroatoms. The lowest BCUT2D eigenvalue weighted by Crippen LogP contribution is -2.34. The minimum Gasteiger partial charge on any atom is -0.454 e. The molecule has 0 aromatic heterocycles. The van der Waals surface area contributed by atoms with Crippen LogP contribution in [0.15, 0.2) is 42.5 Å². The molecule has 0 heterocycles. The van der Waals surface area contributed by atoms with Crippen LogP contribution in [-0.2, 0) is 14.3 Å². The van der Waals surface area contributed by atoms with Crippen molar-refractivity contribution in [1.29, 1.82) is 0 Å². The second kappa shape index (κ2) is 9.69. The van der Waals surface area contributed by atoms with Gasteiger partial charge in [-0.25, -0.2) is 0 Å². The van der Waals surface area contributed by atoms with E-state index in [0.717, 1.165) is 16.7 Å². The van der Waals surface area contributed by atoms with Gasteiger partial charge in [0.2, 0.25) is 0 Å². The van der Waals surface area contributed by atoms with Gasteiger partial charge in [0.05, 0.1) is 6.04 Å². The summed E-state index contributed by atoms with van der Waals surface area (Å²) >= 11 is 0. The molecule has 2 aromatic rings. The number of nitrogens with one attached hydrogen (secondary N) is 2. The van der Waals surface area contributed by atoms with Crippen LogP contribution in [-0.4, -0.2) is 30.9 Å². The summed E-state index contributed by atoms with van der Waals surface area (Å²) in [4.78, 5) is 35.8. The predicted octanol–water partition coefficient (Wildman–Crippen LogP) is 2.76. The van der Waals surface area contributed by atoms with E-state index in [4.69, 9.17) is 4.74 Å². The summed E-state index contributed by atoms with van der Waals surface area (Å²) in [6, 6.07) is 12.8. The van der Waals surface area contributed by atoms with Gasteiger partial charge in [-0.05, 0) is 56.5 Å². The van der Waals surface area contributed by atoms with Gasteiger partial charge in [-0.15, -0.1) is 0 Å². The molecule has 2 rings (SSSR count). The highest BCUT2D eigenvalue weighted by molar-refractivity contribution is 5.96. The summed E-state index contributed by atoms with van der Waals surface area (Å²) in [5, 5.41) is 5.27. The summed E-state index contributed by atoms with van der Waals surface area (Å²) in [5.41, 5.74) is 4.73. The first-order chi connectivity index (χ1) is 13.3. The zero-order valence-corrected chi connectivity index (χ0v) is 16.7. The highest BCUT2D eigenvalue weighted by Crippen LogP contribution is 2.16. The lowest BCUT2D eigenvalue weighted by Gasteiger charge is -2.16. The van der Waals surface area contributed by atoms with Gasteiger partial charge in [0.25, 0.3) is 11.8 Å². The van der Waals surface area contributed by atoms with E-state index in [-0.39, 0.29) is 18.5 Å². The lowest BCUT2D eigenvalue weighted by atomic mass is 10.0. The quantitative estimate of drug-likeness (QED) is 0.721. The van der Waals surface area contributed by atoms with Crippen LogP contribution in [0.3, 0.4) is 0 Å². The lowest BCUT2D eigenvalue weighted by molar-refractivity contribution is -0.147. The molecule has 0 aliphatic carbocycles. The van der Waals surface area contributed by atoms with E-state index in [2.05, 4.69) is 10.6 Å². The van der Waals surface area contributed by atoms with Gasteiger partial charge in [0, 0.05) is 5.56 Å². The number of carbonyl (C=O) groups is 3. The van der Waals surface area contributed by atoms with Crippen LogP contribution in [0.5, 0.6) is 0 Å². The number of ether oxygens (including phenoxy) is 1. The predicted molar refractivity (Wildman–Crippen MR) is 107 cm³/mol. The van der Waals surface area contributed by atoms with E-state index in [1.807, 2.05) is 52.0 Å². The van der Waals surface area contributed by atoms with Gasteiger partial charge in [-0.2, -0.15) is 0 Å². The SMILES string of the molecule is Cc1cccc(C(=O)NCC(=O)OCC(=O)N[C@@H](C)c2ccc(C)c(C)c2)c1. The first-order valence-corrected chi connectivity index (χ1v) is 9.13. The molecule has 0 radical (unpaired) electrons. The highest BCUT2D eigenvalue weighted by atomic mass is 16.5. The molecule has 0 bridgehead atoms. The van der Waals surface area contributed by atoms with Gasteiger partial charge in [0.15, 0.2) is 6.61 Å². The Morgan fingerprint density at radius 3 is 2.43 bits per heavy atom. The molecule has 0 aliphatic heterocycles. The molecular weight excluding hydrogens is 356 g/mol. The molecule has 0 spiro atoms. The Kier molecular flexibility index (Phi) is 7.32. The maximum atomic E-state index is 12.0. The van der Waals surface area contributed by atoms with Crippen LogP contribution in [0.4, 0.5) is 0 Å². The van der Waals surface area contributed by atoms with Crippen molar-refractivity contribution in [3.05, 3.63) is 70.3 Å². The summed E-state index contributed by atoms with van der Waals surface area (Å²) in [6.45, 7) is 7.09. The topological polar surface area (TPSA) is 84.5 Å². The molecule has 2 N–H and O–H groups in total. The largest absolute Gasteiger partial charge is 0.454 e. The summed E-state index contributed by atoms with van der Waals surface area (Å²) in [6.07, 6.45) is 0. The fraction of sp³-hybridized carbons (Fsp3) is 0.318. The molecule has 1 atom stereocenters. The van der Waals surface area contributed by atoms with Crippen molar-refractivity contribution in [3.8, 4) is 0 Å². The highest BCUT2D eigenvalue weighted by Gasteiger charge is 2.13. The average molecular weight is 382 g/mol. The molecule has 0 unspecified atom stereocenters. The number of rotatable bonds is 7. The molecule has 0 fully saturated rings. The number of hydrogen-bond donors (Lipinski definition) is 2. The molecule has 2 aromatic carbocycles. The van der Waals surface area contributed by atoms with Gasteiger partial charge in [-0.1, -0.05) is 35.9 Å². The third kappa shape index (κ3) is 6.23. The van der Waals surface area contributed by atoms with E-state index in [1.165, 1.54) is 5.56 Å². The van der Waals surface area contributed by atoms with Gasteiger partial charge >= 0.3 is 5.97 Å². The van der Waals surface area contributed by atoms with E-state index in [9.17, 15) is 14.4 Å². The Balaban J connectivity index is 1.75. The van der Waals surface area contributed by atoms with Crippen LogP contribution in [0.25, 0.3) is 0 Å². The zero-order valence-electron chi connectivity index (χ0n) is 16.7. The van der Waals surface area contributed by atoms with Crippen LogP contribution >= 0.6 is 0 Å². The molecular formula is C22H26N2O4. The number of carbonyl (C=O) groups excluding carboxylic acids is 3. The molecule has 28 heavy (non-hydrogen) atoms. The first kappa shape index (κ1) is 21.2. The fourth-order valence-corrected chi connectivity index (χ4v) is 2.64. The normalized spacial score (nSPS) is 11.4. The third-order valence-electron chi connectivity index (χ3n) is 4.45. The fourth-order valence-electron chi connectivity index (χ4n) is 2.64. The van der Waals surface area contributed by atoms with Crippen molar-refractivity contribution in [3.63, 3.8) is 0 Å². The maximum absolute atomic E-state index is 12.0. The smallest absolute Gasteiger partial charge is 0.325 e. The van der Waals surface area contributed by atoms with E-state index < -0.39 is 18.5 Å². The first-order valence-electron chi connectivity index (χ1n) is 9.13. The molecule has 148 valence electrons. The Labute approximate surface area is 165 Å². The average Bonchev–Trinajstić information content (AvgIpc) is 2.66. The monoisotopic (exact) mass is 382 g/mol. The molecule has 0 saturated carbocycles. The zero-order chi connectivity index (χ0) is 20.7. The number of aryl methyl sites for hydroxylation is 3. The number of amides is 2. The summed E-state index contributed by atoms with van der Waals surface area (Å²) in [7, 11) is 0. The minimum atomic E-state index is -0.671. The second-order valence-corrected chi connectivity index (χ2v) is 6.85. The van der Waals surface area contributed by atoms with Crippen LogP contribution in [0, 0.1) is 20.8 Å². The van der Waals surface area contributed by atoms with Crippen molar-refractivity contribution in [2.75, 3.05) is 13.2 Å². The van der Waals surface area contributed by atoms with Crippen molar-refractivity contribution in [2.24, 2.45) is 0 Å². The maximum Gasteiger partial charge on any atom is 0.325 e. The van der Waals surface area contributed by atoms with Gasteiger partial charge < -0.3 is 15.4 Å². The summed E-state index contributed by atoms with van der Waals surface area (Å²) in [5.74, 6) is -1.44. The van der Waals surface area contributed by atoms with Crippen molar-refractivity contribution >= 4 is 17.8 Å². The Bertz CT molecular complexity index is 877. The second-order valence-electron chi connectivity index (χ2n) is 6.85. The van der Waals surface area contributed by atoms with Crippen molar-refractivity contribution in [2.45, 2.75) is 33.7 Å². The number of benzene rings is 2.